The quantitative estimate of drug-likeness (QED) is 0.666. The highest BCUT2D eigenvalue weighted by molar-refractivity contribution is 5.96. The van der Waals surface area contributed by atoms with E-state index in [1.165, 1.54) is 6.33 Å². The van der Waals surface area contributed by atoms with Crippen LogP contribution in [0, 0.1) is 0 Å². The number of nitrogens with two attached hydrogens (primary N) is 1. The van der Waals surface area contributed by atoms with Crippen molar-refractivity contribution in [2.45, 2.75) is 0 Å². The van der Waals surface area contributed by atoms with Crippen molar-refractivity contribution in [3.8, 4) is 11.3 Å². The first-order chi connectivity index (χ1) is 7.86. The van der Waals surface area contributed by atoms with Gasteiger partial charge in [-0.1, -0.05) is 35.5 Å². The molecule has 0 aliphatic rings. The van der Waals surface area contributed by atoms with Crippen LogP contribution in [0.2, 0.25) is 0 Å². The van der Waals surface area contributed by atoms with Crippen LogP contribution >= 0.6 is 0 Å². The number of anilines is 1. The Kier molecular flexibility index (Phi) is 1.83. The van der Waals surface area contributed by atoms with Gasteiger partial charge in [0.25, 0.3) is 5.71 Å². The van der Waals surface area contributed by atoms with Crippen LogP contribution in [-0.2, 0) is 0 Å². The monoisotopic (exact) mass is 212 g/mol. The molecule has 0 aliphatic carbocycles. The zero-order chi connectivity index (χ0) is 11.0. The molecular weight excluding hydrogens is 204 g/mol. The van der Waals surface area contributed by atoms with E-state index >= 15 is 0 Å². The lowest BCUT2D eigenvalue weighted by molar-refractivity contribution is 0.451. The first-order valence-electron chi connectivity index (χ1n) is 4.77. The van der Waals surface area contributed by atoms with Crippen molar-refractivity contribution in [3.63, 3.8) is 0 Å². The lowest BCUT2D eigenvalue weighted by Crippen LogP contribution is -1.92. The van der Waals surface area contributed by atoms with Crippen LogP contribution in [0.15, 0.2) is 41.2 Å². The standard InChI is InChI=1S/C11H8N4O/c12-10-8-9(7-4-2-1-3-5-7)15-16-11(8)14-6-13-10/h1-6H,(H2,12,13,14). The normalized spacial score (nSPS) is 10.8. The van der Waals surface area contributed by atoms with E-state index in [1.54, 1.807) is 0 Å². The third kappa shape index (κ3) is 1.22. The molecule has 2 N–H and O–H groups in total. The number of hydrogen-bond donors (Lipinski definition) is 1. The van der Waals surface area contributed by atoms with E-state index in [-0.39, 0.29) is 0 Å². The van der Waals surface area contributed by atoms with E-state index in [0.717, 1.165) is 5.56 Å². The van der Waals surface area contributed by atoms with Gasteiger partial charge in [0.2, 0.25) is 0 Å². The maximum absolute atomic E-state index is 5.79. The molecule has 0 aliphatic heterocycles. The van der Waals surface area contributed by atoms with Gasteiger partial charge in [0, 0.05) is 5.56 Å². The van der Waals surface area contributed by atoms with Gasteiger partial charge in [0.05, 0.1) is 0 Å². The first kappa shape index (κ1) is 8.84. The molecule has 0 unspecified atom stereocenters. The third-order valence-corrected chi connectivity index (χ3v) is 2.35. The van der Waals surface area contributed by atoms with Crippen molar-refractivity contribution >= 4 is 16.9 Å². The number of hydrogen-bond acceptors (Lipinski definition) is 5. The Morgan fingerprint density at radius 3 is 2.69 bits per heavy atom. The number of aromatic nitrogens is 3. The predicted molar refractivity (Wildman–Crippen MR) is 59.4 cm³/mol. The highest BCUT2D eigenvalue weighted by atomic mass is 16.5. The number of fused-ring (bicyclic) bond motifs is 1. The largest absolute Gasteiger partial charge is 0.383 e. The van der Waals surface area contributed by atoms with Crippen molar-refractivity contribution in [2.75, 3.05) is 5.73 Å². The van der Waals surface area contributed by atoms with Gasteiger partial charge in [-0.25, -0.2) is 4.98 Å². The predicted octanol–water partition coefficient (Wildman–Crippen LogP) is 1.87. The fourth-order valence-electron chi connectivity index (χ4n) is 1.60. The van der Waals surface area contributed by atoms with Crippen LogP contribution in [0.25, 0.3) is 22.4 Å². The van der Waals surface area contributed by atoms with Gasteiger partial charge in [-0.2, -0.15) is 4.98 Å². The van der Waals surface area contributed by atoms with Crippen molar-refractivity contribution in [1.29, 1.82) is 0 Å². The average Bonchev–Trinajstić information content (AvgIpc) is 2.75. The molecule has 2 heterocycles. The number of nitrogens with zero attached hydrogens (tertiary/aromatic N) is 3. The minimum absolute atomic E-state index is 0.380. The minimum Gasteiger partial charge on any atom is -0.383 e. The van der Waals surface area contributed by atoms with Gasteiger partial charge in [0.15, 0.2) is 0 Å². The van der Waals surface area contributed by atoms with Crippen LogP contribution in [0.5, 0.6) is 0 Å². The van der Waals surface area contributed by atoms with Crippen LogP contribution in [0.4, 0.5) is 5.82 Å². The molecule has 0 fully saturated rings. The second-order valence-corrected chi connectivity index (χ2v) is 3.34. The molecule has 0 bridgehead atoms. The fourth-order valence-corrected chi connectivity index (χ4v) is 1.60. The van der Waals surface area contributed by atoms with Crippen LogP contribution in [-0.4, -0.2) is 15.1 Å². The second kappa shape index (κ2) is 3.30. The zero-order valence-electron chi connectivity index (χ0n) is 8.29. The summed E-state index contributed by atoms with van der Waals surface area (Å²) in [6.45, 7) is 0. The van der Waals surface area contributed by atoms with Crippen molar-refractivity contribution in [1.82, 2.24) is 15.1 Å². The Morgan fingerprint density at radius 2 is 1.88 bits per heavy atom. The summed E-state index contributed by atoms with van der Waals surface area (Å²) >= 11 is 0. The highest BCUT2D eigenvalue weighted by Crippen LogP contribution is 2.29. The summed E-state index contributed by atoms with van der Waals surface area (Å²) in [7, 11) is 0. The molecule has 78 valence electrons. The molecule has 5 nitrogen and oxygen atoms in total. The minimum atomic E-state index is 0.380. The maximum atomic E-state index is 5.79. The molecule has 3 aromatic rings. The van der Waals surface area contributed by atoms with Crippen molar-refractivity contribution in [3.05, 3.63) is 36.7 Å². The lowest BCUT2D eigenvalue weighted by atomic mass is 10.1. The Balaban J connectivity index is 2.33. The van der Waals surface area contributed by atoms with E-state index < -0.39 is 0 Å². The van der Waals surface area contributed by atoms with Crippen LogP contribution in [0.1, 0.15) is 0 Å². The number of benzene rings is 1. The Morgan fingerprint density at radius 1 is 1.06 bits per heavy atom. The van der Waals surface area contributed by atoms with E-state index in [2.05, 4.69) is 15.1 Å². The van der Waals surface area contributed by atoms with E-state index in [9.17, 15) is 0 Å². The molecule has 1 aromatic carbocycles. The van der Waals surface area contributed by atoms with Crippen LogP contribution < -0.4 is 5.73 Å². The Hall–Kier alpha value is -2.43. The molecule has 0 atom stereocenters. The van der Waals surface area contributed by atoms with Gasteiger partial charge in [-0.05, 0) is 0 Å². The van der Waals surface area contributed by atoms with E-state index in [0.29, 0.717) is 22.6 Å². The van der Waals surface area contributed by atoms with Crippen LogP contribution in [0.3, 0.4) is 0 Å². The second-order valence-electron chi connectivity index (χ2n) is 3.34. The molecule has 0 amide bonds. The SMILES string of the molecule is Nc1ncnc2onc(-c3ccccc3)c12. The number of rotatable bonds is 1. The highest BCUT2D eigenvalue weighted by Gasteiger charge is 2.14. The van der Waals surface area contributed by atoms with E-state index in [4.69, 9.17) is 10.3 Å². The number of nitrogen functional groups attached to an aromatic ring is 1. The smallest absolute Gasteiger partial charge is 0.263 e. The molecule has 0 spiro atoms. The Bertz CT molecular complexity index is 633. The summed E-state index contributed by atoms with van der Waals surface area (Å²) in [4.78, 5) is 7.90. The summed E-state index contributed by atoms with van der Waals surface area (Å²) in [5.74, 6) is 0.380. The molecule has 3 rings (SSSR count). The summed E-state index contributed by atoms with van der Waals surface area (Å²) in [6, 6.07) is 9.66. The Labute approximate surface area is 90.9 Å². The van der Waals surface area contributed by atoms with E-state index in [1.807, 2.05) is 30.3 Å². The molecule has 0 saturated heterocycles. The first-order valence-corrected chi connectivity index (χ1v) is 4.77. The fraction of sp³-hybridized carbons (Fsp3) is 0. The van der Waals surface area contributed by atoms with Gasteiger partial charge >= 0.3 is 0 Å². The molecule has 0 radical (unpaired) electrons. The van der Waals surface area contributed by atoms with Gasteiger partial charge in [0.1, 0.15) is 23.2 Å². The molecule has 0 saturated carbocycles. The summed E-state index contributed by atoms with van der Waals surface area (Å²) in [6.07, 6.45) is 1.36. The summed E-state index contributed by atoms with van der Waals surface area (Å²) in [5.41, 5.74) is 7.80. The molecule has 16 heavy (non-hydrogen) atoms. The summed E-state index contributed by atoms with van der Waals surface area (Å²) in [5, 5.41) is 4.63. The van der Waals surface area contributed by atoms with Gasteiger partial charge in [-0.15, -0.1) is 0 Å². The lowest BCUT2D eigenvalue weighted by Gasteiger charge is -1.96. The third-order valence-electron chi connectivity index (χ3n) is 2.35. The van der Waals surface area contributed by atoms with Crippen molar-refractivity contribution < 1.29 is 4.52 Å². The summed E-state index contributed by atoms with van der Waals surface area (Å²) < 4.78 is 5.10. The maximum Gasteiger partial charge on any atom is 0.263 e. The topological polar surface area (TPSA) is 77.8 Å². The van der Waals surface area contributed by atoms with Gasteiger partial charge in [-0.3, -0.25) is 0 Å². The van der Waals surface area contributed by atoms with Gasteiger partial charge < -0.3 is 10.3 Å². The zero-order valence-corrected chi connectivity index (χ0v) is 8.29. The van der Waals surface area contributed by atoms with Crippen molar-refractivity contribution in [2.24, 2.45) is 0 Å². The molecular formula is C11H8N4O. The molecule has 5 heteroatoms. The average molecular weight is 212 g/mol. The molecule has 2 aromatic heterocycles.